The van der Waals surface area contributed by atoms with Crippen LogP contribution in [0.2, 0.25) is 0 Å². The van der Waals surface area contributed by atoms with Crippen LogP contribution in [0.3, 0.4) is 0 Å². The molecule has 1 aromatic carbocycles. The Kier molecular flexibility index (Phi) is 6.65. The quantitative estimate of drug-likeness (QED) is 0.453. The van der Waals surface area contributed by atoms with Crippen molar-refractivity contribution in [3.63, 3.8) is 0 Å². The third kappa shape index (κ3) is 5.06. The summed E-state index contributed by atoms with van der Waals surface area (Å²) in [5, 5.41) is 13.8. The predicted octanol–water partition coefficient (Wildman–Crippen LogP) is 3.30. The minimum atomic E-state index is -0.555. The molecule has 0 radical (unpaired) electrons. The summed E-state index contributed by atoms with van der Waals surface area (Å²) in [5.41, 5.74) is 0.0635. The molecule has 0 spiro atoms. The van der Waals surface area contributed by atoms with Gasteiger partial charge in [-0.3, -0.25) is 14.9 Å². The van der Waals surface area contributed by atoms with E-state index in [1.54, 1.807) is 0 Å². The number of nitro benzene ring substituents is 1. The monoisotopic (exact) mass is 294 g/mol. The van der Waals surface area contributed by atoms with E-state index in [9.17, 15) is 14.9 Å². The highest BCUT2D eigenvalue weighted by molar-refractivity contribution is 5.95. The second-order valence-corrected chi connectivity index (χ2v) is 5.01. The lowest BCUT2D eigenvalue weighted by Crippen LogP contribution is -2.32. The van der Waals surface area contributed by atoms with Gasteiger partial charge < -0.3 is 10.1 Å². The van der Waals surface area contributed by atoms with Crippen molar-refractivity contribution in [2.45, 2.75) is 45.6 Å². The summed E-state index contributed by atoms with van der Waals surface area (Å²) in [6.45, 7) is 4.06. The zero-order valence-electron chi connectivity index (χ0n) is 12.7. The molecule has 1 rings (SSSR count). The Labute approximate surface area is 124 Å². The van der Waals surface area contributed by atoms with Crippen LogP contribution in [0.4, 0.5) is 5.69 Å². The predicted molar refractivity (Wildman–Crippen MR) is 80.7 cm³/mol. The minimum absolute atomic E-state index is 0.0465. The lowest BCUT2D eigenvalue weighted by atomic mass is 10.1. The minimum Gasteiger partial charge on any atom is -0.490 e. The molecule has 21 heavy (non-hydrogen) atoms. The summed E-state index contributed by atoms with van der Waals surface area (Å²) in [6, 6.07) is 4.26. The fourth-order valence-electron chi connectivity index (χ4n) is 2.05. The Hall–Kier alpha value is -2.11. The van der Waals surface area contributed by atoms with E-state index in [0.29, 0.717) is 0 Å². The van der Waals surface area contributed by atoms with Crippen molar-refractivity contribution in [3.05, 3.63) is 33.9 Å². The van der Waals surface area contributed by atoms with Gasteiger partial charge in [0.05, 0.1) is 12.0 Å². The number of carbonyl (C=O) groups excluding carboxylic acids is 1. The lowest BCUT2D eigenvalue weighted by molar-refractivity contribution is -0.385. The first-order valence-electron chi connectivity index (χ1n) is 7.12. The SMILES string of the molecule is CCCCCC(C)NC(=O)c1ccc(OC)c([N+](=O)[O-])c1. The van der Waals surface area contributed by atoms with Crippen molar-refractivity contribution in [2.24, 2.45) is 0 Å². The molecule has 6 heteroatoms. The van der Waals surface area contributed by atoms with Gasteiger partial charge in [-0.2, -0.15) is 0 Å². The van der Waals surface area contributed by atoms with Crippen LogP contribution in [0.15, 0.2) is 18.2 Å². The molecule has 0 aromatic heterocycles. The topological polar surface area (TPSA) is 81.5 Å². The molecule has 1 aromatic rings. The molecule has 1 amide bonds. The van der Waals surface area contributed by atoms with E-state index >= 15 is 0 Å². The Balaban J connectivity index is 2.74. The van der Waals surface area contributed by atoms with Crippen LogP contribution in [0.25, 0.3) is 0 Å². The van der Waals surface area contributed by atoms with Crippen molar-refractivity contribution in [2.75, 3.05) is 7.11 Å². The lowest BCUT2D eigenvalue weighted by Gasteiger charge is -2.13. The Morgan fingerprint density at radius 2 is 2.14 bits per heavy atom. The van der Waals surface area contributed by atoms with Crippen LogP contribution in [-0.4, -0.2) is 24.0 Å². The zero-order chi connectivity index (χ0) is 15.8. The largest absolute Gasteiger partial charge is 0.490 e. The van der Waals surface area contributed by atoms with E-state index in [2.05, 4.69) is 12.2 Å². The first kappa shape index (κ1) is 16.9. The normalized spacial score (nSPS) is 11.8. The van der Waals surface area contributed by atoms with Crippen molar-refractivity contribution in [1.29, 1.82) is 0 Å². The molecule has 0 bridgehead atoms. The molecular weight excluding hydrogens is 272 g/mol. The summed E-state index contributed by atoms with van der Waals surface area (Å²) >= 11 is 0. The third-order valence-electron chi connectivity index (χ3n) is 3.26. The second-order valence-electron chi connectivity index (χ2n) is 5.01. The Morgan fingerprint density at radius 1 is 1.43 bits per heavy atom. The summed E-state index contributed by atoms with van der Waals surface area (Å²) in [5.74, 6) is -0.155. The van der Waals surface area contributed by atoms with Gasteiger partial charge >= 0.3 is 5.69 Å². The second kappa shape index (κ2) is 8.24. The summed E-state index contributed by atoms with van der Waals surface area (Å²) in [6.07, 6.45) is 4.22. The molecule has 1 N–H and O–H groups in total. The molecule has 0 aliphatic heterocycles. The molecule has 0 fully saturated rings. The van der Waals surface area contributed by atoms with Gasteiger partial charge in [-0.05, 0) is 25.5 Å². The van der Waals surface area contributed by atoms with E-state index in [1.165, 1.54) is 25.3 Å². The number of amides is 1. The summed E-state index contributed by atoms with van der Waals surface area (Å²) < 4.78 is 4.91. The van der Waals surface area contributed by atoms with E-state index < -0.39 is 4.92 Å². The summed E-state index contributed by atoms with van der Waals surface area (Å²) in [4.78, 5) is 22.5. The zero-order valence-corrected chi connectivity index (χ0v) is 12.7. The highest BCUT2D eigenvalue weighted by atomic mass is 16.6. The van der Waals surface area contributed by atoms with E-state index in [0.717, 1.165) is 25.7 Å². The standard InChI is InChI=1S/C15H22N2O4/c1-4-5-6-7-11(2)16-15(18)12-8-9-14(21-3)13(10-12)17(19)20/h8-11H,4-7H2,1-3H3,(H,16,18). The number of nitrogens with one attached hydrogen (secondary N) is 1. The molecule has 0 saturated carbocycles. The van der Waals surface area contributed by atoms with Crippen LogP contribution < -0.4 is 10.1 Å². The number of unbranched alkanes of at least 4 members (excludes halogenated alkanes) is 2. The number of nitrogens with zero attached hydrogens (tertiary/aromatic N) is 1. The molecule has 1 atom stereocenters. The molecule has 6 nitrogen and oxygen atoms in total. The van der Waals surface area contributed by atoms with Crippen molar-refractivity contribution in [1.82, 2.24) is 5.32 Å². The van der Waals surface area contributed by atoms with Gasteiger partial charge in [0.15, 0.2) is 5.75 Å². The Morgan fingerprint density at radius 3 is 2.71 bits per heavy atom. The molecule has 0 aliphatic rings. The third-order valence-corrected chi connectivity index (χ3v) is 3.26. The highest BCUT2D eigenvalue weighted by Crippen LogP contribution is 2.27. The first-order valence-corrected chi connectivity index (χ1v) is 7.12. The number of carbonyl (C=O) groups is 1. The van der Waals surface area contributed by atoms with E-state index in [1.807, 2.05) is 6.92 Å². The van der Waals surface area contributed by atoms with Crippen LogP contribution in [0.5, 0.6) is 5.75 Å². The van der Waals surface area contributed by atoms with Gasteiger partial charge in [0.1, 0.15) is 0 Å². The van der Waals surface area contributed by atoms with Crippen molar-refractivity contribution >= 4 is 11.6 Å². The molecule has 0 heterocycles. The van der Waals surface area contributed by atoms with Crippen LogP contribution in [-0.2, 0) is 0 Å². The fourth-order valence-corrected chi connectivity index (χ4v) is 2.05. The maximum Gasteiger partial charge on any atom is 0.311 e. The average molecular weight is 294 g/mol. The van der Waals surface area contributed by atoms with Gasteiger partial charge in [0, 0.05) is 17.7 Å². The number of rotatable bonds is 8. The molecule has 0 aliphatic carbocycles. The number of hydrogen-bond donors (Lipinski definition) is 1. The van der Waals surface area contributed by atoms with Crippen LogP contribution >= 0.6 is 0 Å². The van der Waals surface area contributed by atoms with Gasteiger partial charge in [-0.25, -0.2) is 0 Å². The van der Waals surface area contributed by atoms with Crippen molar-refractivity contribution < 1.29 is 14.5 Å². The van der Waals surface area contributed by atoms with Crippen molar-refractivity contribution in [3.8, 4) is 5.75 Å². The number of nitro groups is 1. The maximum atomic E-state index is 12.1. The fraction of sp³-hybridized carbons (Fsp3) is 0.533. The van der Waals surface area contributed by atoms with Gasteiger partial charge in [-0.1, -0.05) is 26.2 Å². The first-order chi connectivity index (χ1) is 9.99. The maximum absolute atomic E-state index is 12.1. The van der Waals surface area contributed by atoms with Gasteiger partial charge in [0.25, 0.3) is 5.91 Å². The van der Waals surface area contributed by atoms with Crippen LogP contribution in [0, 0.1) is 10.1 Å². The molecule has 116 valence electrons. The van der Waals surface area contributed by atoms with Gasteiger partial charge in [-0.15, -0.1) is 0 Å². The van der Waals surface area contributed by atoms with E-state index in [4.69, 9.17) is 4.74 Å². The van der Waals surface area contributed by atoms with Gasteiger partial charge in [0.2, 0.25) is 0 Å². The van der Waals surface area contributed by atoms with E-state index in [-0.39, 0.29) is 28.9 Å². The average Bonchev–Trinajstić information content (AvgIpc) is 2.46. The summed E-state index contributed by atoms with van der Waals surface area (Å²) in [7, 11) is 1.36. The number of methoxy groups -OCH3 is 1. The molecular formula is C15H22N2O4. The Bertz CT molecular complexity index is 502. The molecule has 1 unspecified atom stereocenters. The number of hydrogen-bond acceptors (Lipinski definition) is 4. The smallest absolute Gasteiger partial charge is 0.311 e. The highest BCUT2D eigenvalue weighted by Gasteiger charge is 2.18. The molecule has 0 saturated heterocycles. The van der Waals surface area contributed by atoms with Crippen LogP contribution in [0.1, 0.15) is 49.9 Å². The number of benzene rings is 1. The number of ether oxygens (including phenoxy) is 1.